The van der Waals surface area contributed by atoms with Gasteiger partial charge in [-0.25, -0.2) is 10.2 Å². The Morgan fingerprint density at radius 3 is 2.43 bits per heavy atom. The van der Waals surface area contributed by atoms with Crippen LogP contribution in [-0.4, -0.2) is 24.7 Å². The van der Waals surface area contributed by atoms with Gasteiger partial charge in [0.1, 0.15) is 11.5 Å². The van der Waals surface area contributed by atoms with Gasteiger partial charge in [-0.05, 0) is 78.7 Å². The zero-order chi connectivity index (χ0) is 21.3. The fourth-order valence-electron chi connectivity index (χ4n) is 2.44. The minimum Gasteiger partial charge on any atom is -0.484 e. The molecule has 3 rings (SSSR count). The molecule has 6 nitrogen and oxygen atoms in total. The van der Waals surface area contributed by atoms with Gasteiger partial charge < -0.3 is 9.47 Å². The van der Waals surface area contributed by atoms with Gasteiger partial charge in [-0.15, -0.1) is 0 Å². The van der Waals surface area contributed by atoms with E-state index >= 15 is 0 Å². The topological polar surface area (TPSA) is 77.0 Å². The zero-order valence-electron chi connectivity index (χ0n) is 16.2. The maximum absolute atomic E-state index is 12.1. The Hall–Kier alpha value is -3.45. The average molecular weight is 467 g/mol. The molecule has 0 aliphatic rings. The number of carbonyl (C=O) groups excluding carboxylic acids is 2. The van der Waals surface area contributed by atoms with Crippen LogP contribution in [0.5, 0.6) is 11.5 Å². The summed E-state index contributed by atoms with van der Waals surface area (Å²) in [6.45, 7) is 1.82. The molecule has 0 saturated heterocycles. The Morgan fingerprint density at radius 2 is 1.73 bits per heavy atom. The summed E-state index contributed by atoms with van der Waals surface area (Å²) in [5.74, 6) is 0.232. The summed E-state index contributed by atoms with van der Waals surface area (Å²) in [5.41, 5.74) is 4.65. The lowest BCUT2D eigenvalue weighted by atomic mass is 10.2. The summed E-state index contributed by atoms with van der Waals surface area (Å²) >= 11 is 3.32. The summed E-state index contributed by atoms with van der Waals surface area (Å²) in [6, 6.07) is 21.1. The lowest BCUT2D eigenvalue weighted by molar-refractivity contribution is -0.123. The van der Waals surface area contributed by atoms with Crippen LogP contribution in [0, 0.1) is 6.92 Å². The molecular weight excluding hydrogens is 448 g/mol. The molecule has 0 aliphatic carbocycles. The molecule has 0 aliphatic heterocycles. The molecule has 0 bridgehead atoms. The van der Waals surface area contributed by atoms with Crippen LogP contribution >= 0.6 is 15.9 Å². The van der Waals surface area contributed by atoms with Gasteiger partial charge in [-0.3, -0.25) is 4.79 Å². The van der Waals surface area contributed by atoms with Gasteiger partial charge in [0.2, 0.25) is 0 Å². The van der Waals surface area contributed by atoms with Crippen LogP contribution in [0.1, 0.15) is 21.5 Å². The van der Waals surface area contributed by atoms with Gasteiger partial charge in [0.25, 0.3) is 5.91 Å². The van der Waals surface area contributed by atoms with Gasteiger partial charge in [0.15, 0.2) is 6.61 Å². The van der Waals surface area contributed by atoms with E-state index in [-0.39, 0.29) is 12.5 Å². The predicted octanol–water partition coefficient (Wildman–Crippen LogP) is 4.51. The highest BCUT2D eigenvalue weighted by Crippen LogP contribution is 2.16. The van der Waals surface area contributed by atoms with Crippen molar-refractivity contribution in [1.82, 2.24) is 5.43 Å². The lowest BCUT2D eigenvalue weighted by Crippen LogP contribution is -2.24. The Morgan fingerprint density at radius 1 is 1.00 bits per heavy atom. The highest BCUT2D eigenvalue weighted by Gasteiger charge is 2.08. The number of aryl methyl sites for hydroxylation is 1. The maximum atomic E-state index is 12.1. The van der Waals surface area contributed by atoms with E-state index in [1.54, 1.807) is 54.6 Å². The molecule has 0 atom stereocenters. The number of amides is 1. The number of nitrogens with one attached hydrogen (secondary N) is 1. The molecule has 0 unspecified atom stereocenters. The normalized spacial score (nSPS) is 10.6. The minimum absolute atomic E-state index is 0.133. The van der Waals surface area contributed by atoms with E-state index in [2.05, 4.69) is 26.5 Å². The van der Waals surface area contributed by atoms with Gasteiger partial charge in [0.05, 0.1) is 11.8 Å². The largest absolute Gasteiger partial charge is 0.484 e. The third kappa shape index (κ3) is 6.56. The molecule has 0 spiro atoms. The van der Waals surface area contributed by atoms with Crippen molar-refractivity contribution < 1.29 is 19.1 Å². The van der Waals surface area contributed by atoms with E-state index < -0.39 is 5.97 Å². The third-order valence-corrected chi connectivity index (χ3v) is 4.46. The molecule has 152 valence electrons. The third-order valence-electron chi connectivity index (χ3n) is 3.93. The van der Waals surface area contributed by atoms with E-state index in [1.807, 2.05) is 25.1 Å². The summed E-state index contributed by atoms with van der Waals surface area (Å²) in [5, 5.41) is 3.90. The minimum atomic E-state index is -0.440. The van der Waals surface area contributed by atoms with E-state index in [4.69, 9.17) is 9.47 Å². The number of esters is 1. The number of hydrogen-bond donors (Lipinski definition) is 1. The van der Waals surface area contributed by atoms with Crippen molar-refractivity contribution in [2.24, 2.45) is 5.10 Å². The number of hydrogen-bond acceptors (Lipinski definition) is 5. The molecule has 0 saturated carbocycles. The Balaban J connectivity index is 1.46. The Labute approximate surface area is 182 Å². The number of nitrogens with zero attached hydrogens (tertiary/aromatic N) is 1. The molecule has 1 N–H and O–H groups in total. The quantitative estimate of drug-likeness (QED) is 0.240. The fourth-order valence-corrected chi connectivity index (χ4v) is 2.70. The monoisotopic (exact) mass is 466 g/mol. The van der Waals surface area contributed by atoms with Crippen LogP contribution in [0.3, 0.4) is 0 Å². The first-order chi connectivity index (χ1) is 14.5. The number of rotatable bonds is 7. The van der Waals surface area contributed by atoms with Crippen LogP contribution in [0.15, 0.2) is 82.4 Å². The van der Waals surface area contributed by atoms with Crippen LogP contribution in [0.4, 0.5) is 0 Å². The van der Waals surface area contributed by atoms with Crippen LogP contribution in [-0.2, 0) is 4.79 Å². The van der Waals surface area contributed by atoms with Gasteiger partial charge >= 0.3 is 5.97 Å². The SMILES string of the molecule is Cc1cccc(OCC(=O)NN=Cc2ccc(OC(=O)c3ccc(Br)cc3)cc2)c1. The highest BCUT2D eigenvalue weighted by molar-refractivity contribution is 9.10. The van der Waals surface area contributed by atoms with Crippen molar-refractivity contribution in [3.63, 3.8) is 0 Å². The summed E-state index contributed by atoms with van der Waals surface area (Å²) < 4.78 is 11.6. The second kappa shape index (κ2) is 10.4. The number of benzene rings is 3. The van der Waals surface area contributed by atoms with Gasteiger partial charge in [-0.1, -0.05) is 28.1 Å². The van der Waals surface area contributed by atoms with E-state index in [9.17, 15) is 9.59 Å². The highest BCUT2D eigenvalue weighted by atomic mass is 79.9. The molecule has 0 radical (unpaired) electrons. The van der Waals surface area contributed by atoms with Crippen molar-refractivity contribution in [2.45, 2.75) is 6.92 Å². The average Bonchev–Trinajstić information content (AvgIpc) is 2.74. The summed E-state index contributed by atoms with van der Waals surface area (Å²) in [6.07, 6.45) is 1.49. The molecule has 3 aromatic rings. The Bertz CT molecular complexity index is 1050. The first-order valence-corrected chi connectivity index (χ1v) is 9.88. The number of carbonyl (C=O) groups is 2. The molecule has 0 heterocycles. The Kier molecular flexibility index (Phi) is 7.34. The number of halogens is 1. The second-order valence-electron chi connectivity index (χ2n) is 6.36. The van der Waals surface area contributed by atoms with Crippen molar-refractivity contribution in [1.29, 1.82) is 0 Å². The summed E-state index contributed by atoms with van der Waals surface area (Å²) in [4.78, 5) is 23.9. The van der Waals surface area contributed by atoms with Gasteiger partial charge in [0, 0.05) is 4.47 Å². The molecule has 30 heavy (non-hydrogen) atoms. The molecule has 0 fully saturated rings. The van der Waals surface area contributed by atoms with E-state index in [1.165, 1.54) is 6.21 Å². The first kappa shape index (κ1) is 21.3. The second-order valence-corrected chi connectivity index (χ2v) is 7.28. The molecule has 3 aromatic carbocycles. The zero-order valence-corrected chi connectivity index (χ0v) is 17.8. The van der Waals surface area contributed by atoms with Crippen LogP contribution < -0.4 is 14.9 Å². The van der Waals surface area contributed by atoms with Crippen molar-refractivity contribution in [2.75, 3.05) is 6.61 Å². The summed E-state index contributed by atoms with van der Waals surface area (Å²) in [7, 11) is 0. The fraction of sp³-hybridized carbons (Fsp3) is 0.0870. The number of ether oxygens (including phenoxy) is 2. The first-order valence-electron chi connectivity index (χ1n) is 9.09. The van der Waals surface area contributed by atoms with Crippen molar-refractivity contribution >= 4 is 34.0 Å². The van der Waals surface area contributed by atoms with Crippen molar-refractivity contribution in [3.05, 3.63) is 94.0 Å². The van der Waals surface area contributed by atoms with Crippen molar-refractivity contribution in [3.8, 4) is 11.5 Å². The van der Waals surface area contributed by atoms with E-state index in [0.717, 1.165) is 15.6 Å². The lowest BCUT2D eigenvalue weighted by Gasteiger charge is -2.06. The molecule has 1 amide bonds. The number of hydrazone groups is 1. The van der Waals surface area contributed by atoms with Gasteiger partial charge in [-0.2, -0.15) is 5.10 Å². The standard InChI is InChI=1S/C23H19BrN2O4/c1-16-3-2-4-21(13-16)29-15-22(27)26-25-14-17-5-11-20(12-6-17)30-23(28)18-7-9-19(24)10-8-18/h2-14H,15H2,1H3,(H,26,27). The molecule has 7 heteroatoms. The predicted molar refractivity (Wildman–Crippen MR) is 118 cm³/mol. The maximum Gasteiger partial charge on any atom is 0.343 e. The molecule has 0 aromatic heterocycles. The van der Waals surface area contributed by atoms with Crippen LogP contribution in [0.2, 0.25) is 0 Å². The van der Waals surface area contributed by atoms with E-state index in [0.29, 0.717) is 17.1 Å². The molecular formula is C23H19BrN2O4. The smallest absolute Gasteiger partial charge is 0.343 e. The van der Waals surface area contributed by atoms with Crippen LogP contribution in [0.25, 0.3) is 0 Å².